The lowest BCUT2D eigenvalue weighted by Crippen LogP contribution is -2.32. The van der Waals surface area contributed by atoms with Crippen LogP contribution in [0.15, 0.2) is 21.2 Å². The molecule has 0 aromatic carbocycles. The van der Waals surface area contributed by atoms with Gasteiger partial charge in [-0.3, -0.25) is 0 Å². The summed E-state index contributed by atoms with van der Waals surface area (Å²) in [6.45, 7) is 1.54. The Morgan fingerprint density at radius 2 is 2.20 bits per heavy atom. The summed E-state index contributed by atoms with van der Waals surface area (Å²) < 4.78 is 2.01. The van der Waals surface area contributed by atoms with Gasteiger partial charge in [-0.25, -0.2) is 4.98 Å². The molecule has 82 valence electrons. The van der Waals surface area contributed by atoms with Crippen molar-refractivity contribution in [1.29, 1.82) is 0 Å². The number of nitrogens with zero attached hydrogens (tertiary/aromatic N) is 2. The maximum absolute atomic E-state index is 5.62. The van der Waals surface area contributed by atoms with E-state index in [1.165, 1.54) is 12.8 Å². The fourth-order valence-corrected chi connectivity index (χ4v) is 2.82. The molecule has 1 aromatic rings. The van der Waals surface area contributed by atoms with E-state index < -0.39 is 0 Å². The molecule has 0 amide bonds. The SMILES string of the molecule is NCCN(c1ncc(Br)cc1Br)C1CC1. The van der Waals surface area contributed by atoms with Crippen LogP contribution in [0.2, 0.25) is 0 Å². The molecule has 1 heterocycles. The highest BCUT2D eigenvalue weighted by Crippen LogP contribution is 2.34. The Morgan fingerprint density at radius 3 is 2.73 bits per heavy atom. The molecule has 2 N–H and O–H groups in total. The molecule has 1 aliphatic rings. The van der Waals surface area contributed by atoms with Crippen LogP contribution in [0.3, 0.4) is 0 Å². The number of aromatic nitrogens is 1. The molecule has 2 rings (SSSR count). The third kappa shape index (κ3) is 2.71. The van der Waals surface area contributed by atoms with E-state index in [1.807, 2.05) is 12.3 Å². The van der Waals surface area contributed by atoms with Gasteiger partial charge >= 0.3 is 0 Å². The number of rotatable bonds is 4. The van der Waals surface area contributed by atoms with E-state index in [-0.39, 0.29) is 0 Å². The van der Waals surface area contributed by atoms with Crippen LogP contribution in [0.25, 0.3) is 0 Å². The summed E-state index contributed by atoms with van der Waals surface area (Å²) in [7, 11) is 0. The fourth-order valence-electron chi connectivity index (χ4n) is 1.61. The van der Waals surface area contributed by atoms with Gasteiger partial charge < -0.3 is 10.6 Å². The van der Waals surface area contributed by atoms with Crippen LogP contribution < -0.4 is 10.6 Å². The van der Waals surface area contributed by atoms with Crippen molar-refractivity contribution in [2.45, 2.75) is 18.9 Å². The maximum Gasteiger partial charge on any atom is 0.143 e. The average Bonchev–Trinajstić information content (AvgIpc) is 2.98. The predicted octanol–water partition coefficient (Wildman–Crippen LogP) is 2.53. The zero-order valence-corrected chi connectivity index (χ0v) is 11.5. The van der Waals surface area contributed by atoms with Crippen LogP contribution in [0.5, 0.6) is 0 Å². The van der Waals surface area contributed by atoms with Crippen molar-refractivity contribution in [3.8, 4) is 0 Å². The Balaban J connectivity index is 2.24. The Hall–Kier alpha value is -0.130. The van der Waals surface area contributed by atoms with Crippen LogP contribution in [0.1, 0.15) is 12.8 Å². The summed E-state index contributed by atoms with van der Waals surface area (Å²) in [5, 5.41) is 0. The van der Waals surface area contributed by atoms with Gasteiger partial charge in [-0.15, -0.1) is 0 Å². The Kier molecular flexibility index (Phi) is 3.64. The lowest BCUT2D eigenvalue weighted by molar-refractivity contribution is 0.769. The Bertz CT molecular complexity index is 353. The van der Waals surface area contributed by atoms with Crippen LogP contribution in [0, 0.1) is 0 Å². The summed E-state index contributed by atoms with van der Waals surface area (Å²) in [6.07, 6.45) is 4.33. The lowest BCUT2D eigenvalue weighted by atomic mass is 10.4. The molecule has 15 heavy (non-hydrogen) atoms. The molecule has 0 bridgehead atoms. The first-order chi connectivity index (χ1) is 7.22. The second kappa shape index (κ2) is 4.80. The van der Waals surface area contributed by atoms with Crippen LogP contribution in [-0.4, -0.2) is 24.1 Å². The monoisotopic (exact) mass is 333 g/mol. The molecule has 0 radical (unpaired) electrons. The summed E-state index contributed by atoms with van der Waals surface area (Å²) in [5.41, 5.74) is 5.62. The Morgan fingerprint density at radius 1 is 1.47 bits per heavy atom. The first kappa shape index (κ1) is 11.4. The van der Waals surface area contributed by atoms with Crippen molar-refractivity contribution in [3.63, 3.8) is 0 Å². The molecule has 3 nitrogen and oxygen atoms in total. The van der Waals surface area contributed by atoms with E-state index in [0.29, 0.717) is 12.6 Å². The molecular formula is C10H13Br2N3. The molecule has 1 fully saturated rings. The third-order valence-electron chi connectivity index (χ3n) is 2.42. The van der Waals surface area contributed by atoms with Gasteiger partial charge in [0.1, 0.15) is 5.82 Å². The number of anilines is 1. The number of nitrogens with two attached hydrogens (primary N) is 1. The molecule has 1 saturated carbocycles. The quantitative estimate of drug-likeness (QED) is 0.920. The summed E-state index contributed by atoms with van der Waals surface area (Å²) in [6, 6.07) is 2.66. The standard InChI is InChI=1S/C10H13Br2N3/c11-7-5-9(12)10(14-6-7)15(4-3-13)8-1-2-8/h5-6,8H,1-4,13H2. The van der Waals surface area contributed by atoms with E-state index in [9.17, 15) is 0 Å². The normalized spacial score (nSPS) is 15.4. The number of pyridine rings is 1. The minimum Gasteiger partial charge on any atom is -0.351 e. The highest BCUT2D eigenvalue weighted by molar-refractivity contribution is 9.11. The van der Waals surface area contributed by atoms with Crippen molar-refractivity contribution in [3.05, 3.63) is 21.2 Å². The average molecular weight is 335 g/mol. The van der Waals surface area contributed by atoms with Crippen molar-refractivity contribution in [2.75, 3.05) is 18.0 Å². The van der Waals surface area contributed by atoms with Gasteiger partial charge in [0.05, 0.1) is 4.47 Å². The molecule has 0 unspecified atom stereocenters. The topological polar surface area (TPSA) is 42.1 Å². The van der Waals surface area contributed by atoms with E-state index in [4.69, 9.17) is 5.73 Å². The summed E-state index contributed by atoms with van der Waals surface area (Å²) in [4.78, 5) is 6.72. The highest BCUT2D eigenvalue weighted by atomic mass is 79.9. The first-order valence-corrected chi connectivity index (χ1v) is 6.58. The fraction of sp³-hybridized carbons (Fsp3) is 0.500. The zero-order chi connectivity index (χ0) is 10.8. The van der Waals surface area contributed by atoms with Crippen molar-refractivity contribution in [2.24, 2.45) is 5.73 Å². The van der Waals surface area contributed by atoms with E-state index in [0.717, 1.165) is 21.3 Å². The van der Waals surface area contributed by atoms with E-state index >= 15 is 0 Å². The largest absolute Gasteiger partial charge is 0.351 e. The van der Waals surface area contributed by atoms with Crippen molar-refractivity contribution in [1.82, 2.24) is 4.98 Å². The third-order valence-corrected chi connectivity index (χ3v) is 3.44. The van der Waals surface area contributed by atoms with Crippen molar-refractivity contribution >= 4 is 37.7 Å². The molecule has 1 aromatic heterocycles. The van der Waals surface area contributed by atoms with Gasteiger partial charge in [0.15, 0.2) is 0 Å². The highest BCUT2D eigenvalue weighted by Gasteiger charge is 2.30. The van der Waals surface area contributed by atoms with Crippen LogP contribution in [-0.2, 0) is 0 Å². The molecule has 1 aliphatic carbocycles. The lowest BCUT2D eigenvalue weighted by Gasteiger charge is -2.23. The summed E-state index contributed by atoms with van der Waals surface area (Å²) in [5.74, 6) is 1.01. The van der Waals surface area contributed by atoms with Crippen molar-refractivity contribution < 1.29 is 0 Å². The molecule has 0 spiro atoms. The minimum absolute atomic E-state index is 0.638. The minimum atomic E-state index is 0.638. The number of halogens is 2. The van der Waals surface area contributed by atoms with E-state index in [1.54, 1.807) is 0 Å². The molecule has 0 aliphatic heterocycles. The molecule has 0 atom stereocenters. The van der Waals surface area contributed by atoms with E-state index in [2.05, 4.69) is 41.7 Å². The van der Waals surface area contributed by atoms with Gasteiger partial charge in [0, 0.05) is 29.8 Å². The number of hydrogen-bond donors (Lipinski definition) is 1. The van der Waals surface area contributed by atoms with Gasteiger partial charge in [0.2, 0.25) is 0 Å². The molecule has 5 heteroatoms. The van der Waals surface area contributed by atoms with Gasteiger partial charge in [-0.2, -0.15) is 0 Å². The second-order valence-corrected chi connectivity index (χ2v) is 5.44. The maximum atomic E-state index is 5.62. The van der Waals surface area contributed by atoms with Crippen LogP contribution in [0.4, 0.5) is 5.82 Å². The van der Waals surface area contributed by atoms with Gasteiger partial charge in [0.25, 0.3) is 0 Å². The predicted molar refractivity (Wildman–Crippen MR) is 69.1 cm³/mol. The van der Waals surface area contributed by atoms with Crippen LogP contribution >= 0.6 is 31.9 Å². The summed E-state index contributed by atoms with van der Waals surface area (Å²) >= 11 is 6.94. The zero-order valence-electron chi connectivity index (χ0n) is 8.29. The first-order valence-electron chi connectivity index (χ1n) is 5.00. The molecule has 0 saturated heterocycles. The van der Waals surface area contributed by atoms with Gasteiger partial charge in [-0.1, -0.05) is 0 Å². The van der Waals surface area contributed by atoms with Gasteiger partial charge in [-0.05, 0) is 50.8 Å². The second-order valence-electron chi connectivity index (χ2n) is 3.67. The smallest absolute Gasteiger partial charge is 0.143 e. The molecular weight excluding hydrogens is 322 g/mol. The number of hydrogen-bond acceptors (Lipinski definition) is 3. The Labute approximate surface area is 106 Å².